The van der Waals surface area contributed by atoms with E-state index in [0.717, 1.165) is 43.3 Å². The summed E-state index contributed by atoms with van der Waals surface area (Å²) in [5, 5.41) is 21.0. The van der Waals surface area contributed by atoms with Crippen LogP contribution in [0.3, 0.4) is 0 Å². The van der Waals surface area contributed by atoms with Crippen LogP contribution in [0.1, 0.15) is 16.7 Å². The molecule has 5 aromatic carbocycles. The Hall–Kier alpha value is -5.22. The lowest BCUT2D eigenvalue weighted by atomic mass is 9.77. The Morgan fingerprint density at radius 2 is 1.10 bits per heavy atom. The summed E-state index contributed by atoms with van der Waals surface area (Å²) < 4.78 is 2.98. The SMILES string of the molecule is [O-][n+]1cccc2c1c(-c1ccc3ccccc3c1)nn2C(c1ccccc1)(c1ccccc1)c1ccccc1. The molecule has 2 aromatic heterocycles. The average Bonchev–Trinajstić information content (AvgIpc) is 3.40. The van der Waals surface area contributed by atoms with E-state index in [-0.39, 0.29) is 0 Å². The first-order valence-electron chi connectivity index (χ1n) is 13.0. The maximum Gasteiger partial charge on any atom is 0.270 e. The molecule has 4 heteroatoms. The van der Waals surface area contributed by atoms with Crippen molar-refractivity contribution >= 4 is 21.8 Å². The fraction of sp³-hybridized carbons (Fsp3) is 0.0286. The number of hydrogen-bond acceptors (Lipinski definition) is 2. The second-order valence-corrected chi connectivity index (χ2v) is 9.70. The monoisotopic (exact) mass is 503 g/mol. The van der Waals surface area contributed by atoms with Gasteiger partial charge < -0.3 is 5.21 Å². The first kappa shape index (κ1) is 22.9. The molecule has 0 radical (unpaired) electrons. The van der Waals surface area contributed by atoms with E-state index in [9.17, 15) is 5.21 Å². The molecule has 0 atom stereocenters. The summed E-state index contributed by atoms with van der Waals surface area (Å²) in [6, 6.07) is 49.5. The Labute approximate surface area is 226 Å². The minimum Gasteiger partial charge on any atom is -0.618 e. The van der Waals surface area contributed by atoms with Gasteiger partial charge in [-0.1, -0.05) is 127 Å². The minimum absolute atomic E-state index is 0.542. The Balaban J connectivity index is 1.63. The van der Waals surface area contributed by atoms with Crippen LogP contribution in [-0.4, -0.2) is 9.78 Å². The molecular weight excluding hydrogens is 478 g/mol. The van der Waals surface area contributed by atoms with Crippen molar-refractivity contribution in [2.24, 2.45) is 0 Å². The molecule has 4 nitrogen and oxygen atoms in total. The van der Waals surface area contributed by atoms with Crippen LogP contribution in [0.2, 0.25) is 0 Å². The first-order chi connectivity index (χ1) is 19.3. The topological polar surface area (TPSA) is 44.8 Å². The van der Waals surface area contributed by atoms with Gasteiger partial charge in [0, 0.05) is 11.6 Å². The van der Waals surface area contributed by atoms with Gasteiger partial charge in [0.05, 0.1) is 0 Å². The number of nitrogens with zero attached hydrogens (tertiary/aromatic N) is 3. The number of fused-ring (bicyclic) bond motifs is 2. The van der Waals surface area contributed by atoms with E-state index >= 15 is 0 Å². The molecule has 7 aromatic rings. The molecule has 0 fully saturated rings. The van der Waals surface area contributed by atoms with Gasteiger partial charge in [-0.3, -0.25) is 0 Å². The van der Waals surface area contributed by atoms with E-state index in [2.05, 4.69) is 103 Å². The van der Waals surface area contributed by atoms with Crippen molar-refractivity contribution in [1.82, 2.24) is 9.78 Å². The van der Waals surface area contributed by atoms with Crippen molar-refractivity contribution in [2.75, 3.05) is 0 Å². The third-order valence-electron chi connectivity index (χ3n) is 7.51. The molecule has 7 rings (SSSR count). The second-order valence-electron chi connectivity index (χ2n) is 9.70. The number of rotatable bonds is 5. The molecule has 0 aliphatic carbocycles. The number of hydrogen-bond donors (Lipinski definition) is 0. The van der Waals surface area contributed by atoms with E-state index in [1.165, 1.54) is 0 Å². The van der Waals surface area contributed by atoms with Gasteiger partial charge in [-0.25, -0.2) is 4.68 Å². The molecule has 39 heavy (non-hydrogen) atoms. The molecule has 0 bridgehead atoms. The Morgan fingerprint density at radius 3 is 1.69 bits per heavy atom. The van der Waals surface area contributed by atoms with E-state index in [1.807, 2.05) is 41.1 Å². The molecule has 2 heterocycles. The van der Waals surface area contributed by atoms with Crippen LogP contribution in [0.5, 0.6) is 0 Å². The van der Waals surface area contributed by atoms with Crippen LogP contribution in [0, 0.1) is 5.21 Å². The van der Waals surface area contributed by atoms with Crippen molar-refractivity contribution in [3.8, 4) is 11.3 Å². The van der Waals surface area contributed by atoms with Crippen LogP contribution in [0.15, 0.2) is 152 Å². The largest absolute Gasteiger partial charge is 0.618 e. The molecule has 0 aliphatic heterocycles. The number of benzene rings is 5. The summed E-state index contributed by atoms with van der Waals surface area (Å²) in [4.78, 5) is 0. The molecule has 0 amide bonds. The van der Waals surface area contributed by atoms with Crippen molar-refractivity contribution in [1.29, 1.82) is 0 Å². The molecule has 0 saturated heterocycles. The van der Waals surface area contributed by atoms with E-state index in [0.29, 0.717) is 11.2 Å². The van der Waals surface area contributed by atoms with E-state index in [4.69, 9.17) is 5.10 Å². The maximum absolute atomic E-state index is 13.4. The highest BCUT2D eigenvalue weighted by molar-refractivity contribution is 5.93. The van der Waals surface area contributed by atoms with Crippen molar-refractivity contribution in [3.05, 3.63) is 174 Å². The minimum atomic E-state index is -0.828. The van der Waals surface area contributed by atoms with Crippen LogP contribution in [0.4, 0.5) is 0 Å². The smallest absolute Gasteiger partial charge is 0.270 e. The maximum atomic E-state index is 13.4. The van der Waals surface area contributed by atoms with Crippen molar-refractivity contribution < 1.29 is 4.73 Å². The highest BCUT2D eigenvalue weighted by Gasteiger charge is 2.42. The van der Waals surface area contributed by atoms with Crippen LogP contribution in [-0.2, 0) is 5.54 Å². The van der Waals surface area contributed by atoms with Gasteiger partial charge >= 0.3 is 0 Å². The normalized spacial score (nSPS) is 11.7. The number of pyridine rings is 1. The highest BCUT2D eigenvalue weighted by atomic mass is 16.5. The average molecular weight is 504 g/mol. The van der Waals surface area contributed by atoms with Crippen LogP contribution in [0.25, 0.3) is 33.1 Å². The van der Waals surface area contributed by atoms with Gasteiger partial charge in [0.15, 0.2) is 11.9 Å². The lowest BCUT2D eigenvalue weighted by Crippen LogP contribution is -2.39. The molecule has 0 N–H and O–H groups in total. The van der Waals surface area contributed by atoms with E-state index in [1.54, 1.807) is 12.3 Å². The summed E-state index contributed by atoms with van der Waals surface area (Å²) in [6.07, 6.45) is 1.55. The summed E-state index contributed by atoms with van der Waals surface area (Å²) in [6.45, 7) is 0. The predicted molar refractivity (Wildman–Crippen MR) is 156 cm³/mol. The molecule has 186 valence electrons. The summed E-state index contributed by atoms with van der Waals surface area (Å²) in [5.74, 6) is 0. The zero-order valence-electron chi connectivity index (χ0n) is 21.2. The zero-order chi connectivity index (χ0) is 26.2. The van der Waals surface area contributed by atoms with Crippen molar-refractivity contribution in [3.63, 3.8) is 0 Å². The van der Waals surface area contributed by atoms with Crippen LogP contribution < -0.4 is 4.73 Å². The van der Waals surface area contributed by atoms with Gasteiger partial charge in [0.1, 0.15) is 11.1 Å². The van der Waals surface area contributed by atoms with Gasteiger partial charge in [-0.2, -0.15) is 9.83 Å². The van der Waals surface area contributed by atoms with Gasteiger partial charge in [0.25, 0.3) is 5.52 Å². The molecular formula is C35H25N3O. The standard InChI is InChI=1S/C35H25N3O/c39-37-24-12-21-32-34(37)33(28-23-22-26-13-10-11-14-27(26)25-28)36-38(32)35(29-15-4-1-5-16-29,30-17-6-2-7-18-30)31-19-8-3-9-20-31/h1-25H. The second kappa shape index (κ2) is 9.26. The van der Waals surface area contributed by atoms with Crippen molar-refractivity contribution in [2.45, 2.75) is 5.54 Å². The molecule has 0 spiro atoms. The molecule has 0 saturated carbocycles. The Bertz CT molecular complexity index is 1820. The van der Waals surface area contributed by atoms with E-state index < -0.39 is 5.54 Å². The fourth-order valence-electron chi connectivity index (χ4n) is 5.77. The third kappa shape index (κ3) is 3.61. The lowest BCUT2D eigenvalue weighted by Gasteiger charge is -2.36. The summed E-state index contributed by atoms with van der Waals surface area (Å²) in [5.41, 5.74) is 5.18. The quantitative estimate of drug-likeness (QED) is 0.140. The first-order valence-corrected chi connectivity index (χ1v) is 13.0. The van der Waals surface area contributed by atoms with Gasteiger partial charge in [-0.15, -0.1) is 0 Å². The molecule has 0 unspecified atom stereocenters. The summed E-state index contributed by atoms with van der Waals surface area (Å²) in [7, 11) is 0. The highest BCUT2D eigenvalue weighted by Crippen LogP contribution is 2.43. The lowest BCUT2D eigenvalue weighted by molar-refractivity contribution is -0.576. The van der Waals surface area contributed by atoms with Crippen LogP contribution >= 0.6 is 0 Å². The molecule has 0 aliphatic rings. The zero-order valence-corrected chi connectivity index (χ0v) is 21.2. The fourth-order valence-corrected chi connectivity index (χ4v) is 5.77. The third-order valence-corrected chi connectivity index (χ3v) is 7.51. The predicted octanol–water partition coefficient (Wildman–Crippen LogP) is 7.33. The van der Waals surface area contributed by atoms with Gasteiger partial charge in [-0.05, 0) is 39.6 Å². The summed E-state index contributed by atoms with van der Waals surface area (Å²) >= 11 is 0. The number of aromatic nitrogens is 3. The Kier molecular flexibility index (Phi) is 5.45. The van der Waals surface area contributed by atoms with Gasteiger partial charge in [0.2, 0.25) is 0 Å². The Morgan fingerprint density at radius 1 is 0.564 bits per heavy atom.